The van der Waals surface area contributed by atoms with Crippen LogP contribution in [0.3, 0.4) is 0 Å². The van der Waals surface area contributed by atoms with Crippen molar-refractivity contribution in [1.82, 2.24) is 0 Å². The van der Waals surface area contributed by atoms with Gasteiger partial charge in [-0.25, -0.2) is 0 Å². The van der Waals surface area contributed by atoms with E-state index < -0.39 is 0 Å². The monoisotopic (exact) mass is 369 g/mol. The number of hydrogen-bond acceptors (Lipinski definition) is 3. The summed E-state index contributed by atoms with van der Waals surface area (Å²) in [6.45, 7) is 3.85. The highest BCUT2D eigenvalue weighted by molar-refractivity contribution is 9.10. The molecule has 0 bridgehead atoms. The average Bonchev–Trinajstić information content (AvgIpc) is 2.82. The van der Waals surface area contributed by atoms with Gasteiger partial charge in [-0.1, -0.05) is 33.6 Å². The Morgan fingerprint density at radius 2 is 1.70 bits per heavy atom. The topological polar surface area (TPSA) is 44.7 Å². The first-order valence-corrected chi connectivity index (χ1v) is 8.03. The van der Waals surface area contributed by atoms with Gasteiger partial charge in [0.2, 0.25) is 0 Å². The lowest BCUT2D eigenvalue weighted by molar-refractivity contribution is -0.114. The molecule has 0 radical (unpaired) electrons. The summed E-state index contributed by atoms with van der Waals surface area (Å²) in [5.74, 6) is -0.129. The van der Waals surface area contributed by atoms with Crippen molar-refractivity contribution in [3.05, 3.63) is 70.3 Å². The summed E-state index contributed by atoms with van der Waals surface area (Å²) in [4.78, 5) is 12.6. The van der Waals surface area contributed by atoms with Gasteiger partial charge in [-0.3, -0.25) is 4.79 Å². The average molecular weight is 370 g/mol. The maximum atomic E-state index is 12.6. The van der Waals surface area contributed by atoms with Crippen LogP contribution in [0.5, 0.6) is 0 Å². The second-order valence-corrected chi connectivity index (χ2v) is 6.26. The van der Waals surface area contributed by atoms with Crippen LogP contribution < -0.4 is 10.3 Å². The van der Waals surface area contributed by atoms with Crippen LogP contribution in [-0.2, 0) is 4.79 Å². The van der Waals surface area contributed by atoms with Crippen molar-refractivity contribution in [3.8, 4) is 0 Å². The van der Waals surface area contributed by atoms with E-state index >= 15 is 0 Å². The second-order valence-electron chi connectivity index (χ2n) is 5.35. The summed E-state index contributed by atoms with van der Waals surface area (Å²) < 4.78 is 1.01. The molecule has 2 aromatic rings. The van der Waals surface area contributed by atoms with Crippen molar-refractivity contribution in [1.29, 1.82) is 0 Å². The van der Waals surface area contributed by atoms with Crippen molar-refractivity contribution >= 4 is 38.9 Å². The van der Waals surface area contributed by atoms with Crippen LogP contribution in [0.25, 0.3) is 0 Å². The molecule has 0 atom stereocenters. The first-order valence-electron chi connectivity index (χ1n) is 7.23. The Bertz CT molecular complexity index is 792. The zero-order valence-electron chi connectivity index (χ0n) is 12.9. The fraction of sp³-hybridized carbons (Fsp3) is 0.111. The molecule has 1 aliphatic rings. The summed E-state index contributed by atoms with van der Waals surface area (Å²) in [5, 5.41) is 8.94. The van der Waals surface area contributed by atoms with Gasteiger partial charge in [0.25, 0.3) is 5.91 Å². The molecule has 1 aliphatic heterocycles. The maximum Gasteiger partial charge on any atom is 0.282 e. The van der Waals surface area contributed by atoms with Gasteiger partial charge in [0.1, 0.15) is 0 Å². The molecule has 3 rings (SSSR count). The number of nitrogens with one attached hydrogen (secondary N) is 1. The number of carbonyl (C=O) groups is 1. The summed E-state index contributed by atoms with van der Waals surface area (Å²) in [6.07, 6.45) is 1.71. The highest BCUT2D eigenvalue weighted by Gasteiger charge is 2.28. The summed E-state index contributed by atoms with van der Waals surface area (Å²) >= 11 is 3.40. The molecule has 5 heteroatoms. The predicted molar refractivity (Wildman–Crippen MR) is 97.6 cm³/mol. The molecular formula is C18H16BrN3O. The molecule has 0 fully saturated rings. The van der Waals surface area contributed by atoms with Crippen LogP contribution in [0.1, 0.15) is 12.5 Å². The normalized spacial score (nSPS) is 16.0. The number of hydrazone groups is 1. The Kier molecular flexibility index (Phi) is 4.30. The number of benzene rings is 2. The van der Waals surface area contributed by atoms with Gasteiger partial charge < -0.3 is 5.32 Å². The Hall–Kier alpha value is -2.40. The molecule has 23 heavy (non-hydrogen) atoms. The van der Waals surface area contributed by atoms with Crippen molar-refractivity contribution in [3.63, 3.8) is 0 Å². The van der Waals surface area contributed by atoms with E-state index in [1.807, 2.05) is 62.4 Å². The molecule has 116 valence electrons. The fourth-order valence-electron chi connectivity index (χ4n) is 2.25. The second kappa shape index (κ2) is 6.38. The molecule has 0 unspecified atom stereocenters. The third kappa shape index (κ3) is 3.35. The maximum absolute atomic E-state index is 12.6. The van der Waals surface area contributed by atoms with Crippen molar-refractivity contribution in [2.45, 2.75) is 13.8 Å². The number of rotatable bonds is 3. The lowest BCUT2D eigenvalue weighted by atomic mass is 10.2. The Balaban J connectivity index is 1.80. The van der Waals surface area contributed by atoms with E-state index in [-0.39, 0.29) is 5.91 Å². The van der Waals surface area contributed by atoms with Gasteiger partial charge >= 0.3 is 0 Å². The smallest absolute Gasteiger partial charge is 0.282 e. The fourth-order valence-corrected chi connectivity index (χ4v) is 2.51. The lowest BCUT2D eigenvalue weighted by Gasteiger charge is -2.11. The van der Waals surface area contributed by atoms with Gasteiger partial charge in [-0.2, -0.15) is 10.1 Å². The number of anilines is 2. The SMILES string of the molecule is CC1=NN(c2ccc(C)cc2)C(=O)C1=CNc1ccc(Br)cc1. The quantitative estimate of drug-likeness (QED) is 0.810. The third-order valence-corrected chi connectivity index (χ3v) is 4.10. The van der Waals surface area contributed by atoms with Crippen molar-refractivity contribution in [2.75, 3.05) is 10.3 Å². The largest absolute Gasteiger partial charge is 0.361 e. The number of aryl methyl sites for hydroxylation is 1. The molecule has 1 amide bonds. The Labute approximate surface area is 143 Å². The standard InChI is InChI=1S/C18H16BrN3O/c1-12-3-9-16(10-4-12)22-18(23)17(13(2)21-22)11-20-15-7-5-14(19)6-8-15/h3-11,20H,1-2H3. The Morgan fingerprint density at radius 1 is 1.04 bits per heavy atom. The highest BCUT2D eigenvalue weighted by Crippen LogP contribution is 2.24. The van der Waals surface area contributed by atoms with E-state index in [2.05, 4.69) is 26.3 Å². The summed E-state index contributed by atoms with van der Waals surface area (Å²) in [6, 6.07) is 15.5. The molecule has 0 saturated heterocycles. The summed E-state index contributed by atoms with van der Waals surface area (Å²) in [7, 11) is 0. The molecule has 2 aromatic carbocycles. The molecule has 0 aliphatic carbocycles. The van der Waals surface area contributed by atoms with E-state index in [0.717, 1.165) is 21.4 Å². The molecule has 1 heterocycles. The number of halogens is 1. The molecule has 0 spiro atoms. The van der Waals surface area contributed by atoms with Gasteiger partial charge in [0.15, 0.2) is 0 Å². The molecule has 0 aromatic heterocycles. The lowest BCUT2D eigenvalue weighted by Crippen LogP contribution is -2.21. The van der Waals surface area contributed by atoms with Crippen molar-refractivity contribution in [2.24, 2.45) is 5.10 Å². The van der Waals surface area contributed by atoms with E-state index in [1.54, 1.807) is 6.20 Å². The van der Waals surface area contributed by atoms with Gasteiger partial charge in [-0.05, 0) is 50.2 Å². The first-order chi connectivity index (χ1) is 11.0. The van der Waals surface area contributed by atoms with Crippen LogP contribution >= 0.6 is 15.9 Å². The van der Waals surface area contributed by atoms with Crippen LogP contribution in [0.2, 0.25) is 0 Å². The van der Waals surface area contributed by atoms with Crippen molar-refractivity contribution < 1.29 is 4.79 Å². The number of carbonyl (C=O) groups excluding carboxylic acids is 1. The van der Waals surface area contributed by atoms with E-state index in [9.17, 15) is 4.79 Å². The van der Waals surface area contributed by atoms with Gasteiger partial charge in [-0.15, -0.1) is 0 Å². The van der Waals surface area contributed by atoms with Crippen LogP contribution in [0.15, 0.2) is 69.9 Å². The molecule has 0 saturated carbocycles. The van der Waals surface area contributed by atoms with E-state index in [4.69, 9.17) is 0 Å². The number of amides is 1. The van der Waals surface area contributed by atoms with Crippen LogP contribution in [-0.4, -0.2) is 11.6 Å². The predicted octanol–water partition coefficient (Wildman–Crippen LogP) is 4.48. The zero-order valence-corrected chi connectivity index (χ0v) is 14.5. The van der Waals surface area contributed by atoms with Gasteiger partial charge in [0, 0.05) is 16.4 Å². The Morgan fingerprint density at radius 3 is 2.35 bits per heavy atom. The van der Waals surface area contributed by atoms with Crippen LogP contribution in [0.4, 0.5) is 11.4 Å². The molecular weight excluding hydrogens is 354 g/mol. The van der Waals surface area contributed by atoms with E-state index in [0.29, 0.717) is 11.3 Å². The molecule has 4 nitrogen and oxygen atoms in total. The number of nitrogens with zero attached hydrogens (tertiary/aromatic N) is 2. The minimum Gasteiger partial charge on any atom is -0.361 e. The van der Waals surface area contributed by atoms with Crippen LogP contribution in [0, 0.1) is 6.92 Å². The highest BCUT2D eigenvalue weighted by atomic mass is 79.9. The van der Waals surface area contributed by atoms with Gasteiger partial charge in [0.05, 0.1) is 17.0 Å². The molecule has 1 N–H and O–H groups in total. The number of hydrogen-bond donors (Lipinski definition) is 1. The minimum atomic E-state index is -0.129. The minimum absolute atomic E-state index is 0.129. The summed E-state index contributed by atoms with van der Waals surface area (Å²) in [5.41, 5.74) is 4.09. The zero-order chi connectivity index (χ0) is 16.4. The third-order valence-electron chi connectivity index (χ3n) is 3.57. The van der Waals surface area contributed by atoms with E-state index in [1.165, 1.54) is 5.01 Å². The first kappa shape index (κ1) is 15.5.